The summed E-state index contributed by atoms with van der Waals surface area (Å²) in [5.74, 6) is 0.472. The molecule has 0 aliphatic carbocycles. The van der Waals surface area contributed by atoms with Gasteiger partial charge in [-0.3, -0.25) is 4.79 Å². The maximum Gasteiger partial charge on any atom is 0.315 e. The van der Waals surface area contributed by atoms with E-state index in [1.165, 1.54) is 0 Å². The lowest BCUT2D eigenvalue weighted by Crippen LogP contribution is -2.39. The third kappa shape index (κ3) is 5.16. The molecule has 1 amide bonds. The van der Waals surface area contributed by atoms with E-state index in [9.17, 15) is 4.79 Å². The van der Waals surface area contributed by atoms with Crippen LogP contribution in [0.2, 0.25) is 0 Å². The first kappa shape index (κ1) is 16.4. The van der Waals surface area contributed by atoms with Gasteiger partial charge >= 0.3 is 6.01 Å². The zero-order valence-corrected chi connectivity index (χ0v) is 13.1. The largest absolute Gasteiger partial charge is 0.407 e. The van der Waals surface area contributed by atoms with Crippen molar-refractivity contribution in [1.29, 1.82) is 0 Å². The highest BCUT2D eigenvalue weighted by Gasteiger charge is 2.27. The Balaban J connectivity index is 2.50. The number of hydrogen-bond donors (Lipinski definition) is 3. The van der Waals surface area contributed by atoms with Gasteiger partial charge in [-0.05, 0) is 34.6 Å². The molecule has 0 spiro atoms. The molecule has 0 atom stereocenters. The Hall–Kier alpha value is -1.63. The smallest absolute Gasteiger partial charge is 0.315 e. The van der Waals surface area contributed by atoms with Gasteiger partial charge in [-0.1, -0.05) is 5.10 Å². The molecule has 1 aromatic heterocycles. The summed E-state index contributed by atoms with van der Waals surface area (Å²) in [6.07, 6.45) is 0. The van der Waals surface area contributed by atoms with Crippen LogP contribution < -0.4 is 16.0 Å². The van der Waals surface area contributed by atoms with E-state index >= 15 is 0 Å². The zero-order valence-electron chi connectivity index (χ0n) is 13.1. The lowest BCUT2D eigenvalue weighted by molar-refractivity contribution is -0.128. The number of nitrogens with one attached hydrogen (secondary N) is 3. The highest BCUT2D eigenvalue weighted by atomic mass is 16.4. The minimum Gasteiger partial charge on any atom is -0.407 e. The summed E-state index contributed by atoms with van der Waals surface area (Å²) in [6, 6.07) is 0.327. The van der Waals surface area contributed by atoms with Crippen LogP contribution in [0, 0.1) is 5.41 Å². The summed E-state index contributed by atoms with van der Waals surface area (Å²) in [5, 5.41) is 16.7. The summed E-state index contributed by atoms with van der Waals surface area (Å²) in [4.78, 5) is 11.6. The summed E-state index contributed by atoms with van der Waals surface area (Å²) in [7, 11) is 1.62. The van der Waals surface area contributed by atoms with Crippen molar-refractivity contribution in [2.45, 2.75) is 46.7 Å². The number of rotatable bonds is 6. The summed E-state index contributed by atoms with van der Waals surface area (Å²) >= 11 is 0. The van der Waals surface area contributed by atoms with Gasteiger partial charge in [0.1, 0.15) is 0 Å². The molecule has 0 radical (unpaired) electrons. The number of aromatic nitrogens is 2. The van der Waals surface area contributed by atoms with Gasteiger partial charge < -0.3 is 20.4 Å². The SMILES string of the molecule is CNC(=O)C(C)(C)CNc1nnc(CNC(C)(C)C)o1. The second-order valence-corrected chi connectivity index (χ2v) is 6.42. The van der Waals surface area contributed by atoms with Gasteiger partial charge in [0.15, 0.2) is 0 Å². The van der Waals surface area contributed by atoms with E-state index in [0.717, 1.165) is 0 Å². The number of nitrogens with zero attached hydrogens (tertiary/aromatic N) is 2. The molecule has 0 saturated carbocycles. The Morgan fingerprint density at radius 1 is 1.20 bits per heavy atom. The Bertz CT molecular complexity index is 448. The van der Waals surface area contributed by atoms with Crippen LogP contribution in [0.1, 0.15) is 40.5 Å². The molecule has 114 valence electrons. The Morgan fingerprint density at radius 2 is 1.85 bits per heavy atom. The lowest BCUT2D eigenvalue weighted by Gasteiger charge is -2.22. The molecule has 7 nitrogen and oxygen atoms in total. The molecule has 20 heavy (non-hydrogen) atoms. The van der Waals surface area contributed by atoms with Crippen LogP contribution in [-0.2, 0) is 11.3 Å². The van der Waals surface area contributed by atoms with Crippen molar-refractivity contribution in [2.75, 3.05) is 18.9 Å². The standard InChI is InChI=1S/C13H25N5O2/c1-12(2,3)16-7-9-17-18-11(20-9)15-8-13(4,5)10(19)14-6/h16H,7-8H2,1-6H3,(H,14,19)(H,15,18). The van der Waals surface area contributed by atoms with Crippen molar-refractivity contribution < 1.29 is 9.21 Å². The molecular formula is C13H25N5O2. The van der Waals surface area contributed by atoms with Crippen LogP contribution in [0.4, 0.5) is 6.01 Å². The monoisotopic (exact) mass is 283 g/mol. The molecule has 0 aliphatic rings. The van der Waals surface area contributed by atoms with Gasteiger partial charge in [0.25, 0.3) is 0 Å². The molecule has 0 aromatic carbocycles. The Morgan fingerprint density at radius 3 is 2.40 bits per heavy atom. The quantitative estimate of drug-likeness (QED) is 0.725. The van der Waals surface area contributed by atoms with Crippen LogP contribution in [0.15, 0.2) is 4.42 Å². The van der Waals surface area contributed by atoms with E-state index in [2.05, 4.69) is 46.9 Å². The molecule has 1 heterocycles. The second kappa shape index (κ2) is 6.21. The molecule has 1 rings (SSSR count). The minimum atomic E-state index is -0.549. The van der Waals surface area contributed by atoms with Crippen molar-refractivity contribution in [3.63, 3.8) is 0 Å². The average molecular weight is 283 g/mol. The fourth-order valence-corrected chi connectivity index (χ4v) is 1.45. The number of anilines is 1. The zero-order chi connectivity index (χ0) is 15.4. The van der Waals surface area contributed by atoms with E-state index < -0.39 is 5.41 Å². The highest BCUT2D eigenvalue weighted by Crippen LogP contribution is 2.16. The fraction of sp³-hybridized carbons (Fsp3) is 0.769. The summed E-state index contributed by atoms with van der Waals surface area (Å²) in [5.41, 5.74) is -0.559. The van der Waals surface area contributed by atoms with Crippen molar-refractivity contribution in [3.05, 3.63) is 5.89 Å². The third-order valence-corrected chi connectivity index (χ3v) is 2.76. The summed E-state index contributed by atoms with van der Waals surface area (Å²) in [6.45, 7) is 10.8. The van der Waals surface area contributed by atoms with Crippen LogP contribution in [0.3, 0.4) is 0 Å². The molecular weight excluding hydrogens is 258 g/mol. The van der Waals surface area contributed by atoms with Crippen molar-refractivity contribution in [3.8, 4) is 0 Å². The van der Waals surface area contributed by atoms with E-state index in [1.807, 2.05) is 13.8 Å². The summed E-state index contributed by atoms with van der Waals surface area (Å²) < 4.78 is 5.46. The van der Waals surface area contributed by atoms with E-state index in [1.54, 1.807) is 7.05 Å². The Labute approximate surface area is 119 Å². The molecule has 1 aromatic rings. The van der Waals surface area contributed by atoms with Gasteiger partial charge in [-0.15, -0.1) is 5.10 Å². The maximum absolute atomic E-state index is 11.6. The number of hydrogen-bond acceptors (Lipinski definition) is 6. The molecule has 3 N–H and O–H groups in total. The average Bonchev–Trinajstić information content (AvgIpc) is 2.80. The van der Waals surface area contributed by atoms with Crippen LogP contribution in [0.5, 0.6) is 0 Å². The number of carbonyl (C=O) groups excluding carboxylic acids is 1. The molecule has 0 fully saturated rings. The highest BCUT2D eigenvalue weighted by molar-refractivity contribution is 5.82. The molecule has 0 saturated heterocycles. The first-order valence-corrected chi connectivity index (χ1v) is 6.67. The maximum atomic E-state index is 11.6. The Kier molecular flexibility index (Phi) is 5.10. The fourth-order valence-electron chi connectivity index (χ4n) is 1.45. The van der Waals surface area contributed by atoms with Gasteiger partial charge in [-0.25, -0.2) is 0 Å². The first-order chi connectivity index (χ1) is 9.14. The lowest BCUT2D eigenvalue weighted by atomic mass is 9.92. The second-order valence-electron chi connectivity index (χ2n) is 6.42. The third-order valence-electron chi connectivity index (χ3n) is 2.76. The van der Waals surface area contributed by atoms with Gasteiger partial charge in [0.2, 0.25) is 11.8 Å². The van der Waals surface area contributed by atoms with Gasteiger partial charge in [0.05, 0.1) is 12.0 Å². The topological polar surface area (TPSA) is 92.1 Å². The minimum absolute atomic E-state index is 0.0106. The van der Waals surface area contributed by atoms with Crippen LogP contribution in [-0.4, -0.2) is 35.2 Å². The van der Waals surface area contributed by atoms with E-state index in [0.29, 0.717) is 25.0 Å². The molecule has 0 bridgehead atoms. The van der Waals surface area contributed by atoms with Gasteiger partial charge in [-0.2, -0.15) is 0 Å². The predicted molar refractivity (Wildman–Crippen MR) is 77.2 cm³/mol. The normalized spacial score (nSPS) is 12.3. The van der Waals surface area contributed by atoms with Crippen molar-refractivity contribution in [1.82, 2.24) is 20.8 Å². The molecule has 7 heteroatoms. The molecule has 0 unspecified atom stereocenters. The number of amides is 1. The predicted octanol–water partition coefficient (Wildman–Crippen LogP) is 1.14. The van der Waals surface area contributed by atoms with Crippen molar-refractivity contribution >= 4 is 11.9 Å². The number of carbonyl (C=O) groups is 1. The van der Waals surface area contributed by atoms with Crippen molar-refractivity contribution in [2.24, 2.45) is 5.41 Å². The first-order valence-electron chi connectivity index (χ1n) is 6.67. The van der Waals surface area contributed by atoms with Crippen LogP contribution in [0.25, 0.3) is 0 Å². The van der Waals surface area contributed by atoms with E-state index in [4.69, 9.17) is 4.42 Å². The molecule has 0 aliphatic heterocycles. The van der Waals surface area contributed by atoms with E-state index in [-0.39, 0.29) is 11.4 Å². The van der Waals surface area contributed by atoms with Crippen LogP contribution >= 0.6 is 0 Å². The van der Waals surface area contributed by atoms with Gasteiger partial charge in [0, 0.05) is 19.1 Å².